The number of rotatable bonds is 7. The van der Waals surface area contributed by atoms with Gasteiger partial charge in [0.05, 0.1) is 20.8 Å². The van der Waals surface area contributed by atoms with Crippen molar-refractivity contribution in [3.8, 4) is 11.5 Å². The van der Waals surface area contributed by atoms with Crippen molar-refractivity contribution in [2.24, 2.45) is 5.92 Å². The normalized spacial score (nSPS) is 15.0. The lowest BCUT2D eigenvalue weighted by Crippen LogP contribution is -2.42. The zero-order valence-electron chi connectivity index (χ0n) is 14.8. The van der Waals surface area contributed by atoms with Crippen LogP contribution in [-0.4, -0.2) is 51.5 Å². The van der Waals surface area contributed by atoms with Crippen LogP contribution in [0, 0.1) is 5.92 Å². The molecule has 6 nitrogen and oxygen atoms in total. The van der Waals surface area contributed by atoms with Gasteiger partial charge in [-0.2, -0.15) is 0 Å². The molecule has 0 bridgehead atoms. The van der Waals surface area contributed by atoms with Crippen molar-refractivity contribution in [3.05, 3.63) is 23.8 Å². The van der Waals surface area contributed by atoms with Gasteiger partial charge >= 0.3 is 6.03 Å². The van der Waals surface area contributed by atoms with E-state index in [9.17, 15) is 4.79 Å². The predicted octanol–water partition coefficient (Wildman–Crippen LogP) is 2.66. The molecule has 1 aliphatic heterocycles. The topological polar surface area (TPSA) is 60.0 Å². The number of nitrogens with one attached hydrogen (secondary N) is 1. The summed E-state index contributed by atoms with van der Waals surface area (Å²) in [5.41, 5.74) is 0.930. The van der Waals surface area contributed by atoms with E-state index in [0.717, 1.165) is 31.6 Å². The zero-order valence-corrected chi connectivity index (χ0v) is 14.8. The average Bonchev–Trinajstić information content (AvgIpc) is 2.64. The summed E-state index contributed by atoms with van der Waals surface area (Å²) >= 11 is 0. The second-order valence-electron chi connectivity index (χ2n) is 5.91. The number of urea groups is 1. The summed E-state index contributed by atoms with van der Waals surface area (Å²) in [4.78, 5) is 14.3. The molecule has 1 heterocycles. The minimum atomic E-state index is -0.0473. The lowest BCUT2D eigenvalue weighted by Gasteiger charge is -2.26. The van der Waals surface area contributed by atoms with Crippen LogP contribution in [0.3, 0.4) is 0 Å². The molecule has 0 aromatic heterocycles. The third kappa shape index (κ3) is 4.77. The number of carbonyl (C=O) groups excluding carboxylic acids is 1. The summed E-state index contributed by atoms with van der Waals surface area (Å²) in [5.74, 6) is 1.86. The Hall–Kier alpha value is -1.95. The number of methoxy groups -OCH3 is 2. The third-order valence-electron chi connectivity index (χ3n) is 4.40. The summed E-state index contributed by atoms with van der Waals surface area (Å²) in [6.07, 6.45) is 2.02. The first kappa shape index (κ1) is 18.4. The molecule has 24 heavy (non-hydrogen) atoms. The Morgan fingerprint density at radius 3 is 2.67 bits per heavy atom. The molecule has 134 valence electrons. The molecule has 0 aliphatic carbocycles. The Bertz CT molecular complexity index is 530. The molecule has 0 saturated carbocycles. The first-order valence-corrected chi connectivity index (χ1v) is 8.50. The van der Waals surface area contributed by atoms with Crippen molar-refractivity contribution in [3.63, 3.8) is 0 Å². The monoisotopic (exact) mass is 336 g/mol. The molecule has 0 atom stereocenters. The molecule has 1 N–H and O–H groups in total. The standard InChI is InChI=1S/C18H28N2O4/c1-4-20(18(21)19-12-14-8-10-24-11-9-14)13-15-6-5-7-16(22-2)17(15)23-3/h5-7,14H,4,8-13H2,1-3H3,(H,19,21). The second-order valence-corrected chi connectivity index (χ2v) is 5.91. The highest BCUT2D eigenvalue weighted by Crippen LogP contribution is 2.31. The van der Waals surface area contributed by atoms with Gasteiger partial charge in [0, 0.05) is 31.9 Å². The fraction of sp³-hybridized carbons (Fsp3) is 0.611. The quantitative estimate of drug-likeness (QED) is 0.832. The van der Waals surface area contributed by atoms with Crippen LogP contribution in [0.1, 0.15) is 25.3 Å². The molecule has 1 aliphatic rings. The van der Waals surface area contributed by atoms with Crippen LogP contribution >= 0.6 is 0 Å². The van der Waals surface area contributed by atoms with Crippen LogP contribution in [0.5, 0.6) is 11.5 Å². The van der Waals surface area contributed by atoms with E-state index >= 15 is 0 Å². The van der Waals surface area contributed by atoms with E-state index in [1.807, 2.05) is 25.1 Å². The van der Waals surface area contributed by atoms with E-state index in [1.165, 1.54) is 0 Å². The molecule has 0 radical (unpaired) electrons. The van der Waals surface area contributed by atoms with Gasteiger partial charge in [0.15, 0.2) is 11.5 Å². The van der Waals surface area contributed by atoms with Gasteiger partial charge in [0.25, 0.3) is 0 Å². The lowest BCUT2D eigenvalue weighted by atomic mass is 10.0. The van der Waals surface area contributed by atoms with Gasteiger partial charge in [0.2, 0.25) is 0 Å². The van der Waals surface area contributed by atoms with Crippen molar-refractivity contribution in [1.82, 2.24) is 10.2 Å². The van der Waals surface area contributed by atoms with Gasteiger partial charge in [-0.25, -0.2) is 4.79 Å². The van der Waals surface area contributed by atoms with Crippen LogP contribution in [0.4, 0.5) is 4.79 Å². The maximum Gasteiger partial charge on any atom is 0.317 e. The van der Waals surface area contributed by atoms with E-state index in [1.54, 1.807) is 19.1 Å². The van der Waals surface area contributed by atoms with Crippen molar-refractivity contribution in [2.75, 3.05) is 40.5 Å². The number of carbonyl (C=O) groups is 1. The fourth-order valence-electron chi connectivity index (χ4n) is 2.91. The van der Waals surface area contributed by atoms with Crippen molar-refractivity contribution in [1.29, 1.82) is 0 Å². The molecule has 1 aromatic rings. The summed E-state index contributed by atoms with van der Waals surface area (Å²) in [5, 5.41) is 3.05. The summed E-state index contributed by atoms with van der Waals surface area (Å²) in [6.45, 7) is 5.36. The van der Waals surface area contributed by atoms with Crippen LogP contribution in [0.25, 0.3) is 0 Å². The Morgan fingerprint density at radius 2 is 2.04 bits per heavy atom. The first-order chi connectivity index (χ1) is 11.7. The molecule has 0 spiro atoms. The van der Waals surface area contributed by atoms with Crippen molar-refractivity contribution < 1.29 is 19.0 Å². The molecule has 1 saturated heterocycles. The maximum absolute atomic E-state index is 12.5. The van der Waals surface area contributed by atoms with Gasteiger partial charge in [-0.1, -0.05) is 12.1 Å². The highest BCUT2D eigenvalue weighted by atomic mass is 16.5. The number of nitrogens with zero attached hydrogens (tertiary/aromatic N) is 1. The minimum absolute atomic E-state index is 0.0473. The largest absolute Gasteiger partial charge is 0.493 e. The van der Waals surface area contributed by atoms with Gasteiger partial charge in [-0.3, -0.25) is 0 Å². The van der Waals surface area contributed by atoms with Crippen LogP contribution in [0.2, 0.25) is 0 Å². The molecule has 1 aromatic carbocycles. The van der Waals surface area contributed by atoms with Gasteiger partial charge < -0.3 is 24.4 Å². The van der Waals surface area contributed by atoms with Crippen molar-refractivity contribution >= 4 is 6.03 Å². The summed E-state index contributed by atoms with van der Waals surface area (Å²) < 4.78 is 16.1. The molecule has 0 unspecified atom stereocenters. The van der Waals surface area contributed by atoms with E-state index in [-0.39, 0.29) is 6.03 Å². The van der Waals surface area contributed by atoms with Gasteiger partial charge in [-0.15, -0.1) is 0 Å². The average molecular weight is 336 g/mol. The summed E-state index contributed by atoms with van der Waals surface area (Å²) in [7, 11) is 3.22. The Kier molecular flexibility index (Phi) is 7.18. The second kappa shape index (κ2) is 9.37. The Balaban J connectivity index is 1.96. The summed E-state index contributed by atoms with van der Waals surface area (Å²) in [6, 6.07) is 5.67. The molecule has 6 heteroatoms. The highest BCUT2D eigenvalue weighted by molar-refractivity contribution is 5.74. The molecular formula is C18H28N2O4. The number of hydrogen-bond acceptors (Lipinski definition) is 4. The lowest BCUT2D eigenvalue weighted by molar-refractivity contribution is 0.0664. The highest BCUT2D eigenvalue weighted by Gasteiger charge is 2.19. The number of benzene rings is 1. The van der Waals surface area contributed by atoms with E-state index in [0.29, 0.717) is 37.1 Å². The number of amides is 2. The number of ether oxygens (including phenoxy) is 3. The van der Waals surface area contributed by atoms with Gasteiger partial charge in [0.1, 0.15) is 0 Å². The number of para-hydroxylation sites is 1. The third-order valence-corrected chi connectivity index (χ3v) is 4.40. The molecule has 1 fully saturated rings. The molecule has 2 amide bonds. The van der Waals surface area contributed by atoms with Crippen molar-refractivity contribution in [2.45, 2.75) is 26.3 Å². The fourth-order valence-corrected chi connectivity index (χ4v) is 2.91. The SMILES string of the molecule is CCN(Cc1cccc(OC)c1OC)C(=O)NCC1CCOCC1. The Morgan fingerprint density at radius 1 is 1.29 bits per heavy atom. The van der Waals surface area contributed by atoms with Gasteiger partial charge in [-0.05, 0) is 31.7 Å². The van der Waals surface area contributed by atoms with Crippen LogP contribution in [-0.2, 0) is 11.3 Å². The van der Waals surface area contributed by atoms with E-state index < -0.39 is 0 Å². The molecular weight excluding hydrogens is 308 g/mol. The minimum Gasteiger partial charge on any atom is -0.493 e. The van der Waals surface area contributed by atoms with E-state index in [2.05, 4.69) is 5.32 Å². The first-order valence-electron chi connectivity index (χ1n) is 8.50. The maximum atomic E-state index is 12.5. The van der Waals surface area contributed by atoms with Crippen LogP contribution < -0.4 is 14.8 Å². The van der Waals surface area contributed by atoms with Crippen LogP contribution in [0.15, 0.2) is 18.2 Å². The zero-order chi connectivity index (χ0) is 17.4. The molecule has 2 rings (SSSR count). The smallest absolute Gasteiger partial charge is 0.317 e. The number of hydrogen-bond donors (Lipinski definition) is 1. The Labute approximate surface area is 144 Å². The predicted molar refractivity (Wildman–Crippen MR) is 92.6 cm³/mol. The van der Waals surface area contributed by atoms with E-state index in [4.69, 9.17) is 14.2 Å².